The van der Waals surface area contributed by atoms with Crippen LogP contribution in [0.5, 0.6) is 0 Å². The van der Waals surface area contributed by atoms with Gasteiger partial charge in [0.15, 0.2) is 0 Å². The van der Waals surface area contributed by atoms with Crippen LogP contribution in [-0.2, 0) is 23.2 Å². The number of hydrogen-bond acceptors (Lipinski definition) is 3. The number of halogens is 1. The molecule has 2 aliphatic rings. The Morgan fingerprint density at radius 1 is 0.950 bits per heavy atom. The largest absolute Gasteiger partial charge is 0.314 e. The topological polar surface area (TPSA) is 52.7 Å². The van der Waals surface area contributed by atoms with Crippen molar-refractivity contribution >= 4 is 22.6 Å². The van der Waals surface area contributed by atoms with Gasteiger partial charge in [-0.25, -0.2) is 0 Å². The number of benzene rings is 1. The van der Waals surface area contributed by atoms with Crippen molar-refractivity contribution < 1.29 is 8.42 Å². The first-order chi connectivity index (χ1) is 9.18. The normalized spacial score (nSPS) is 21.0. The van der Waals surface area contributed by atoms with Crippen molar-refractivity contribution in [2.45, 2.75) is 13.0 Å². The molecule has 7 heteroatoms. The predicted octanol–water partition coefficient (Wildman–Crippen LogP) is 0.616. The minimum atomic E-state index is -3.30. The SMILES string of the molecule is Cl.O=S(=O)(N1CCNCC1)N1CCc2ccccc2C1. The predicted molar refractivity (Wildman–Crippen MR) is 81.2 cm³/mol. The number of piperazine rings is 1. The summed E-state index contributed by atoms with van der Waals surface area (Å²) in [6.45, 7) is 3.71. The summed E-state index contributed by atoms with van der Waals surface area (Å²) < 4.78 is 28.4. The van der Waals surface area contributed by atoms with Gasteiger partial charge in [0, 0.05) is 39.3 Å². The van der Waals surface area contributed by atoms with Crippen molar-refractivity contribution in [1.82, 2.24) is 13.9 Å². The monoisotopic (exact) mass is 317 g/mol. The van der Waals surface area contributed by atoms with Crippen LogP contribution in [0.25, 0.3) is 0 Å². The summed E-state index contributed by atoms with van der Waals surface area (Å²) in [7, 11) is -3.30. The van der Waals surface area contributed by atoms with Gasteiger partial charge in [0.2, 0.25) is 0 Å². The molecule has 0 bridgehead atoms. The van der Waals surface area contributed by atoms with Crippen molar-refractivity contribution in [3.05, 3.63) is 35.4 Å². The van der Waals surface area contributed by atoms with E-state index in [9.17, 15) is 8.42 Å². The Bertz CT molecular complexity index is 558. The highest BCUT2D eigenvalue weighted by Crippen LogP contribution is 2.22. The highest BCUT2D eigenvalue weighted by molar-refractivity contribution is 7.86. The van der Waals surface area contributed by atoms with Gasteiger partial charge >= 0.3 is 0 Å². The maximum Gasteiger partial charge on any atom is 0.282 e. The van der Waals surface area contributed by atoms with E-state index >= 15 is 0 Å². The Labute approximate surface area is 126 Å². The Balaban J connectivity index is 0.00000147. The van der Waals surface area contributed by atoms with Gasteiger partial charge in [-0.05, 0) is 17.5 Å². The van der Waals surface area contributed by atoms with Crippen LogP contribution in [-0.4, -0.2) is 49.8 Å². The molecule has 1 aromatic rings. The molecule has 3 rings (SSSR count). The third kappa shape index (κ3) is 2.99. The van der Waals surface area contributed by atoms with Gasteiger partial charge in [-0.15, -0.1) is 12.4 Å². The minimum absolute atomic E-state index is 0. The van der Waals surface area contributed by atoms with Crippen LogP contribution in [0.15, 0.2) is 24.3 Å². The lowest BCUT2D eigenvalue weighted by Gasteiger charge is -2.34. The van der Waals surface area contributed by atoms with E-state index in [0.29, 0.717) is 26.2 Å². The lowest BCUT2D eigenvalue weighted by molar-refractivity contribution is 0.303. The molecule has 0 amide bonds. The van der Waals surface area contributed by atoms with Crippen molar-refractivity contribution in [3.8, 4) is 0 Å². The maximum absolute atomic E-state index is 12.6. The van der Waals surface area contributed by atoms with E-state index in [2.05, 4.69) is 11.4 Å². The van der Waals surface area contributed by atoms with Gasteiger partial charge in [0.05, 0.1) is 0 Å². The zero-order valence-electron chi connectivity index (χ0n) is 11.3. The lowest BCUT2D eigenvalue weighted by atomic mass is 10.0. The molecule has 2 aliphatic heterocycles. The summed E-state index contributed by atoms with van der Waals surface area (Å²) >= 11 is 0. The maximum atomic E-state index is 12.6. The van der Waals surface area contributed by atoms with E-state index in [1.165, 1.54) is 5.56 Å². The van der Waals surface area contributed by atoms with E-state index in [1.807, 2.05) is 18.2 Å². The van der Waals surface area contributed by atoms with Gasteiger partial charge in [-0.2, -0.15) is 17.0 Å². The van der Waals surface area contributed by atoms with Gasteiger partial charge in [0.25, 0.3) is 10.2 Å². The molecule has 1 fully saturated rings. The van der Waals surface area contributed by atoms with Crippen LogP contribution in [0.2, 0.25) is 0 Å². The smallest absolute Gasteiger partial charge is 0.282 e. The summed E-state index contributed by atoms with van der Waals surface area (Å²) in [5, 5.41) is 3.18. The summed E-state index contributed by atoms with van der Waals surface area (Å²) in [4.78, 5) is 0. The fourth-order valence-corrected chi connectivity index (χ4v) is 4.30. The number of nitrogens with one attached hydrogen (secondary N) is 1. The van der Waals surface area contributed by atoms with Crippen molar-refractivity contribution in [1.29, 1.82) is 0 Å². The molecule has 112 valence electrons. The molecule has 1 N–H and O–H groups in total. The van der Waals surface area contributed by atoms with Crippen LogP contribution in [0, 0.1) is 0 Å². The first kappa shape index (κ1) is 15.7. The molecule has 0 saturated carbocycles. The third-order valence-corrected chi connectivity index (χ3v) is 5.81. The summed E-state index contributed by atoms with van der Waals surface area (Å²) in [5.74, 6) is 0. The van der Waals surface area contributed by atoms with Crippen molar-refractivity contribution in [3.63, 3.8) is 0 Å². The number of fused-ring (bicyclic) bond motifs is 1. The zero-order chi connectivity index (χ0) is 13.3. The second-order valence-electron chi connectivity index (χ2n) is 5.01. The molecule has 1 aromatic carbocycles. The molecular weight excluding hydrogens is 298 g/mol. The first-order valence-corrected chi connectivity index (χ1v) is 8.10. The Kier molecular flexibility index (Phi) is 5.04. The quantitative estimate of drug-likeness (QED) is 0.870. The van der Waals surface area contributed by atoms with Gasteiger partial charge in [0.1, 0.15) is 0 Å². The molecule has 2 heterocycles. The van der Waals surface area contributed by atoms with Crippen LogP contribution < -0.4 is 5.32 Å². The Morgan fingerprint density at radius 2 is 1.60 bits per heavy atom. The summed E-state index contributed by atoms with van der Waals surface area (Å²) in [6, 6.07) is 8.10. The average Bonchev–Trinajstić information content (AvgIpc) is 2.47. The van der Waals surface area contributed by atoms with E-state index < -0.39 is 10.2 Å². The van der Waals surface area contributed by atoms with E-state index in [1.54, 1.807) is 8.61 Å². The van der Waals surface area contributed by atoms with E-state index in [4.69, 9.17) is 0 Å². The Morgan fingerprint density at radius 3 is 2.30 bits per heavy atom. The van der Waals surface area contributed by atoms with Crippen LogP contribution in [0.4, 0.5) is 0 Å². The molecule has 20 heavy (non-hydrogen) atoms. The van der Waals surface area contributed by atoms with Crippen molar-refractivity contribution in [2.24, 2.45) is 0 Å². The van der Waals surface area contributed by atoms with Gasteiger partial charge in [-0.1, -0.05) is 24.3 Å². The standard InChI is InChI=1S/C13H19N3O2S.ClH/c17-19(18,15-9-6-14-7-10-15)16-8-5-12-3-1-2-4-13(12)11-16;/h1-4,14H,5-11H2;1H. The summed E-state index contributed by atoms with van der Waals surface area (Å²) in [6.07, 6.45) is 0.807. The second kappa shape index (κ2) is 6.41. The minimum Gasteiger partial charge on any atom is -0.314 e. The molecule has 0 aromatic heterocycles. The molecule has 0 aliphatic carbocycles. The highest BCUT2D eigenvalue weighted by Gasteiger charge is 2.32. The second-order valence-corrected chi connectivity index (χ2v) is 6.94. The third-order valence-electron chi connectivity index (χ3n) is 3.82. The molecular formula is C13H20ClN3O2S. The van der Waals surface area contributed by atoms with E-state index in [0.717, 1.165) is 25.1 Å². The number of hydrogen-bond donors (Lipinski definition) is 1. The Hall–Kier alpha value is -0.660. The molecule has 1 saturated heterocycles. The fourth-order valence-electron chi connectivity index (χ4n) is 2.71. The van der Waals surface area contributed by atoms with Gasteiger partial charge < -0.3 is 5.32 Å². The fraction of sp³-hybridized carbons (Fsp3) is 0.538. The van der Waals surface area contributed by atoms with Crippen LogP contribution >= 0.6 is 12.4 Å². The van der Waals surface area contributed by atoms with Crippen LogP contribution in [0.3, 0.4) is 0 Å². The molecule has 0 radical (unpaired) electrons. The highest BCUT2D eigenvalue weighted by atomic mass is 35.5. The lowest BCUT2D eigenvalue weighted by Crippen LogP contribution is -2.52. The van der Waals surface area contributed by atoms with Crippen LogP contribution in [0.1, 0.15) is 11.1 Å². The molecule has 5 nitrogen and oxygen atoms in total. The molecule has 0 spiro atoms. The number of rotatable bonds is 2. The van der Waals surface area contributed by atoms with Crippen molar-refractivity contribution in [2.75, 3.05) is 32.7 Å². The van der Waals surface area contributed by atoms with Gasteiger partial charge in [-0.3, -0.25) is 0 Å². The zero-order valence-corrected chi connectivity index (χ0v) is 12.9. The average molecular weight is 318 g/mol. The number of nitrogens with zero attached hydrogens (tertiary/aromatic N) is 2. The molecule has 0 atom stereocenters. The first-order valence-electron chi connectivity index (χ1n) is 6.70. The summed E-state index contributed by atoms with van der Waals surface area (Å²) in [5.41, 5.74) is 2.40. The van der Waals surface area contributed by atoms with E-state index in [-0.39, 0.29) is 12.4 Å². The molecule has 0 unspecified atom stereocenters.